The lowest BCUT2D eigenvalue weighted by Gasteiger charge is -2.17. The lowest BCUT2D eigenvalue weighted by atomic mass is 10.1. The first-order chi connectivity index (χ1) is 10.2. The Morgan fingerprint density at radius 1 is 1.29 bits per heavy atom. The van der Waals surface area contributed by atoms with Crippen molar-refractivity contribution in [3.8, 4) is 5.75 Å². The van der Waals surface area contributed by atoms with E-state index >= 15 is 0 Å². The molecular formula is C16H16FNO3. The topological polar surface area (TPSA) is 58.6 Å². The van der Waals surface area contributed by atoms with Crippen molar-refractivity contribution in [1.82, 2.24) is 5.32 Å². The van der Waals surface area contributed by atoms with Gasteiger partial charge in [0.2, 0.25) is 0 Å². The lowest BCUT2D eigenvalue weighted by molar-refractivity contribution is 0.0915. The first-order valence-electron chi connectivity index (χ1n) is 6.46. The summed E-state index contributed by atoms with van der Waals surface area (Å²) in [4.78, 5) is 12.1. The van der Waals surface area contributed by atoms with E-state index in [1.54, 1.807) is 12.1 Å². The van der Waals surface area contributed by atoms with Crippen LogP contribution in [0, 0.1) is 5.82 Å². The molecule has 0 unspecified atom stereocenters. The van der Waals surface area contributed by atoms with Gasteiger partial charge in [-0.05, 0) is 23.8 Å². The van der Waals surface area contributed by atoms with Crippen LogP contribution in [0.25, 0.3) is 0 Å². The lowest BCUT2D eigenvalue weighted by Crippen LogP contribution is -2.30. The molecule has 1 amide bonds. The fourth-order valence-electron chi connectivity index (χ4n) is 1.97. The van der Waals surface area contributed by atoms with Crippen molar-refractivity contribution in [2.75, 3.05) is 13.7 Å². The molecule has 1 atom stereocenters. The molecule has 2 rings (SSSR count). The van der Waals surface area contributed by atoms with Crippen LogP contribution in [-0.2, 0) is 0 Å². The Labute approximate surface area is 122 Å². The van der Waals surface area contributed by atoms with Gasteiger partial charge in [-0.1, -0.05) is 30.3 Å². The van der Waals surface area contributed by atoms with Gasteiger partial charge in [-0.2, -0.15) is 0 Å². The molecule has 0 bridgehead atoms. The molecule has 4 nitrogen and oxygen atoms in total. The van der Waals surface area contributed by atoms with Crippen LogP contribution in [0.1, 0.15) is 22.0 Å². The molecular weight excluding hydrogens is 273 g/mol. The predicted octanol–water partition coefficient (Wildman–Crippen LogP) is 2.30. The van der Waals surface area contributed by atoms with Gasteiger partial charge in [-0.25, -0.2) is 4.39 Å². The molecule has 2 N–H and O–H groups in total. The highest BCUT2D eigenvalue weighted by molar-refractivity contribution is 5.94. The summed E-state index contributed by atoms with van der Waals surface area (Å²) >= 11 is 0. The number of nitrogens with one attached hydrogen (secondary N) is 1. The van der Waals surface area contributed by atoms with Gasteiger partial charge in [0.25, 0.3) is 5.91 Å². The van der Waals surface area contributed by atoms with E-state index in [4.69, 9.17) is 4.74 Å². The third-order valence-electron chi connectivity index (χ3n) is 3.10. The van der Waals surface area contributed by atoms with E-state index in [-0.39, 0.29) is 17.9 Å². The molecule has 5 heteroatoms. The van der Waals surface area contributed by atoms with Crippen LogP contribution in [0.3, 0.4) is 0 Å². The average Bonchev–Trinajstić information content (AvgIpc) is 2.53. The van der Waals surface area contributed by atoms with Crippen LogP contribution in [0.2, 0.25) is 0 Å². The zero-order valence-electron chi connectivity index (χ0n) is 11.5. The Hall–Kier alpha value is -2.40. The number of aliphatic hydroxyl groups is 1. The largest absolute Gasteiger partial charge is 0.494 e. The monoisotopic (exact) mass is 289 g/mol. The zero-order chi connectivity index (χ0) is 15.2. The molecule has 0 spiro atoms. The molecule has 0 aliphatic rings. The molecule has 21 heavy (non-hydrogen) atoms. The maximum Gasteiger partial charge on any atom is 0.251 e. The highest BCUT2D eigenvalue weighted by Crippen LogP contribution is 2.19. The summed E-state index contributed by atoms with van der Waals surface area (Å²) in [5, 5.41) is 12.1. The molecule has 0 aliphatic carbocycles. The van der Waals surface area contributed by atoms with E-state index in [0.717, 1.165) is 11.6 Å². The highest BCUT2D eigenvalue weighted by Gasteiger charge is 2.16. The minimum absolute atomic E-state index is 0.0771. The Morgan fingerprint density at radius 3 is 2.57 bits per heavy atom. The van der Waals surface area contributed by atoms with E-state index in [2.05, 4.69) is 5.32 Å². The maximum atomic E-state index is 13.6. The molecule has 2 aromatic carbocycles. The third-order valence-corrected chi connectivity index (χ3v) is 3.10. The summed E-state index contributed by atoms with van der Waals surface area (Å²) in [6.07, 6.45) is 0. The normalized spacial score (nSPS) is 11.8. The number of carbonyl (C=O) groups excluding carboxylic acids is 1. The van der Waals surface area contributed by atoms with E-state index in [1.165, 1.54) is 19.2 Å². The first-order valence-corrected chi connectivity index (χ1v) is 6.46. The molecule has 0 radical (unpaired) electrons. The quantitative estimate of drug-likeness (QED) is 0.888. The van der Waals surface area contributed by atoms with Crippen LogP contribution in [0.15, 0.2) is 48.5 Å². The van der Waals surface area contributed by atoms with Crippen molar-refractivity contribution < 1.29 is 19.0 Å². The van der Waals surface area contributed by atoms with Crippen LogP contribution >= 0.6 is 0 Å². The standard InChI is InChI=1S/C16H16FNO3/c1-21-15-8-7-12(9-13(15)17)16(20)18-14(10-19)11-5-3-2-4-6-11/h2-9,14,19H,10H2,1H3,(H,18,20)/t14-/m0/s1. The van der Waals surface area contributed by atoms with Gasteiger partial charge in [0.15, 0.2) is 11.6 Å². The smallest absolute Gasteiger partial charge is 0.251 e. The minimum atomic E-state index is -0.606. The van der Waals surface area contributed by atoms with E-state index in [1.807, 2.05) is 18.2 Å². The number of ether oxygens (including phenoxy) is 1. The van der Waals surface area contributed by atoms with Crippen molar-refractivity contribution >= 4 is 5.91 Å². The van der Waals surface area contributed by atoms with E-state index in [9.17, 15) is 14.3 Å². The van der Waals surface area contributed by atoms with Crippen LogP contribution in [0.4, 0.5) is 4.39 Å². The molecule has 0 heterocycles. The minimum Gasteiger partial charge on any atom is -0.494 e. The highest BCUT2D eigenvalue weighted by atomic mass is 19.1. The second kappa shape index (κ2) is 6.85. The van der Waals surface area contributed by atoms with E-state index < -0.39 is 17.8 Å². The molecule has 0 fully saturated rings. The summed E-state index contributed by atoms with van der Waals surface area (Å²) in [6.45, 7) is -0.242. The van der Waals surface area contributed by atoms with E-state index in [0.29, 0.717) is 0 Å². The van der Waals surface area contributed by atoms with Gasteiger partial charge in [0.05, 0.1) is 19.8 Å². The van der Waals surface area contributed by atoms with Crippen molar-refractivity contribution in [2.24, 2.45) is 0 Å². The fourth-order valence-corrected chi connectivity index (χ4v) is 1.97. The number of rotatable bonds is 5. The summed E-state index contributed by atoms with van der Waals surface area (Å²) < 4.78 is 18.4. The Bertz CT molecular complexity index is 616. The van der Waals surface area contributed by atoms with Gasteiger partial charge in [-0.15, -0.1) is 0 Å². The average molecular weight is 289 g/mol. The summed E-state index contributed by atoms with van der Waals surface area (Å²) in [5.74, 6) is -0.988. The number of aliphatic hydroxyl groups excluding tert-OH is 1. The van der Waals surface area contributed by atoms with Crippen LogP contribution in [-0.4, -0.2) is 24.7 Å². The van der Waals surface area contributed by atoms with Crippen molar-refractivity contribution in [1.29, 1.82) is 0 Å². The number of hydrogen-bond acceptors (Lipinski definition) is 3. The number of benzene rings is 2. The van der Waals surface area contributed by atoms with Gasteiger partial charge in [0, 0.05) is 5.56 Å². The van der Waals surface area contributed by atoms with Gasteiger partial charge in [-0.3, -0.25) is 4.79 Å². The fraction of sp³-hybridized carbons (Fsp3) is 0.188. The Morgan fingerprint density at radius 2 is 2.00 bits per heavy atom. The zero-order valence-corrected chi connectivity index (χ0v) is 11.5. The van der Waals surface area contributed by atoms with Crippen molar-refractivity contribution in [2.45, 2.75) is 6.04 Å². The second-order valence-electron chi connectivity index (χ2n) is 4.47. The van der Waals surface area contributed by atoms with Gasteiger partial charge < -0.3 is 15.2 Å². The van der Waals surface area contributed by atoms with Crippen molar-refractivity contribution in [3.63, 3.8) is 0 Å². The Kier molecular flexibility index (Phi) is 4.90. The molecule has 0 saturated heterocycles. The second-order valence-corrected chi connectivity index (χ2v) is 4.47. The van der Waals surface area contributed by atoms with Crippen LogP contribution < -0.4 is 10.1 Å². The third kappa shape index (κ3) is 3.58. The predicted molar refractivity (Wildman–Crippen MR) is 76.7 cm³/mol. The summed E-state index contributed by atoms with van der Waals surface area (Å²) in [7, 11) is 1.36. The summed E-state index contributed by atoms with van der Waals surface area (Å²) in [6, 6.07) is 12.5. The number of hydrogen-bond donors (Lipinski definition) is 2. The molecule has 0 saturated carbocycles. The maximum absolute atomic E-state index is 13.6. The number of amides is 1. The first kappa shape index (κ1) is 15.0. The van der Waals surface area contributed by atoms with Crippen molar-refractivity contribution in [3.05, 3.63) is 65.5 Å². The van der Waals surface area contributed by atoms with Gasteiger partial charge >= 0.3 is 0 Å². The SMILES string of the molecule is COc1ccc(C(=O)N[C@@H](CO)c2ccccc2)cc1F. The molecule has 2 aromatic rings. The molecule has 0 aromatic heterocycles. The summed E-state index contributed by atoms with van der Waals surface area (Å²) in [5.41, 5.74) is 0.949. The number of halogens is 1. The van der Waals surface area contributed by atoms with Crippen LogP contribution in [0.5, 0.6) is 5.75 Å². The molecule has 110 valence electrons. The number of methoxy groups -OCH3 is 1. The Balaban J connectivity index is 2.15. The molecule has 0 aliphatic heterocycles. The number of carbonyl (C=O) groups is 1. The van der Waals surface area contributed by atoms with Gasteiger partial charge in [0.1, 0.15) is 0 Å².